The molecule has 20 heavy (non-hydrogen) atoms. The van der Waals surface area contributed by atoms with Gasteiger partial charge in [-0.1, -0.05) is 6.42 Å². The van der Waals surface area contributed by atoms with Crippen molar-refractivity contribution >= 4 is 15.6 Å². The molecule has 0 N–H and O–H groups in total. The molecular formula is C15H19NO3S. The van der Waals surface area contributed by atoms with Gasteiger partial charge in [-0.25, -0.2) is 8.42 Å². The van der Waals surface area contributed by atoms with Crippen molar-refractivity contribution in [2.45, 2.75) is 49.5 Å². The van der Waals surface area contributed by atoms with Gasteiger partial charge in [0.05, 0.1) is 10.5 Å². The number of aryl methyl sites for hydroxylation is 1. The molecule has 5 heteroatoms. The van der Waals surface area contributed by atoms with Crippen LogP contribution < -0.4 is 0 Å². The summed E-state index contributed by atoms with van der Waals surface area (Å²) in [5.41, 5.74) is 1.38. The number of rotatable bonds is 2. The summed E-state index contributed by atoms with van der Waals surface area (Å²) in [5.74, 6) is -0.0841. The highest BCUT2D eigenvalue weighted by molar-refractivity contribution is 7.92. The Morgan fingerprint density at radius 2 is 1.90 bits per heavy atom. The molecule has 0 spiro atoms. The molecule has 3 heterocycles. The molecule has 1 aromatic heterocycles. The quantitative estimate of drug-likeness (QED) is 0.785. The maximum absolute atomic E-state index is 12.6. The Morgan fingerprint density at radius 3 is 2.50 bits per heavy atom. The van der Waals surface area contributed by atoms with Gasteiger partial charge in [-0.2, -0.15) is 0 Å². The van der Waals surface area contributed by atoms with Crippen LogP contribution in [-0.2, 0) is 9.84 Å². The number of carbonyl (C=O) groups is 1. The van der Waals surface area contributed by atoms with E-state index in [0.29, 0.717) is 31.2 Å². The van der Waals surface area contributed by atoms with Gasteiger partial charge < -0.3 is 0 Å². The van der Waals surface area contributed by atoms with Gasteiger partial charge in [0.2, 0.25) is 0 Å². The van der Waals surface area contributed by atoms with Crippen LogP contribution in [0.4, 0.5) is 0 Å². The van der Waals surface area contributed by atoms with Crippen molar-refractivity contribution in [3.63, 3.8) is 0 Å². The lowest BCUT2D eigenvalue weighted by Crippen LogP contribution is -2.45. The van der Waals surface area contributed by atoms with Crippen LogP contribution in [0.15, 0.2) is 18.3 Å². The van der Waals surface area contributed by atoms with Crippen LogP contribution in [0.3, 0.4) is 0 Å². The van der Waals surface area contributed by atoms with E-state index < -0.39 is 9.84 Å². The standard InChI is InChI=1S/C15H19NO3S/c1-10-14(6-3-7-16-10)15(17)11-8-12-4-2-5-13(9-11)20(12,18)19/h3,6-7,11-13H,2,4-5,8-9H2,1H3. The number of fused-ring (bicyclic) bond motifs is 2. The Kier molecular flexibility index (Phi) is 3.40. The predicted molar refractivity (Wildman–Crippen MR) is 76.4 cm³/mol. The summed E-state index contributed by atoms with van der Waals surface area (Å²) < 4.78 is 24.5. The number of pyridine rings is 1. The van der Waals surface area contributed by atoms with Crippen LogP contribution in [0.1, 0.15) is 48.2 Å². The van der Waals surface area contributed by atoms with Crippen molar-refractivity contribution in [1.29, 1.82) is 0 Å². The minimum Gasteiger partial charge on any atom is -0.294 e. The first-order chi connectivity index (χ1) is 9.50. The molecule has 1 aromatic rings. The fraction of sp³-hybridized carbons (Fsp3) is 0.600. The minimum absolute atomic E-state index is 0.0717. The first kappa shape index (κ1) is 13.7. The van der Waals surface area contributed by atoms with E-state index in [1.807, 2.05) is 6.92 Å². The lowest BCUT2D eigenvalue weighted by molar-refractivity contribution is 0.0893. The van der Waals surface area contributed by atoms with Gasteiger partial charge in [0, 0.05) is 23.4 Å². The van der Waals surface area contributed by atoms with Crippen LogP contribution in [0, 0.1) is 12.8 Å². The van der Waals surface area contributed by atoms with E-state index in [4.69, 9.17) is 0 Å². The smallest absolute Gasteiger partial charge is 0.167 e. The largest absolute Gasteiger partial charge is 0.294 e. The molecule has 2 fully saturated rings. The number of hydrogen-bond acceptors (Lipinski definition) is 4. The summed E-state index contributed by atoms with van der Waals surface area (Å²) >= 11 is 0. The van der Waals surface area contributed by atoms with E-state index in [2.05, 4.69) is 4.98 Å². The lowest BCUT2D eigenvalue weighted by atomic mass is 9.84. The highest BCUT2D eigenvalue weighted by Gasteiger charge is 2.46. The topological polar surface area (TPSA) is 64.1 Å². The number of ketones is 1. The molecule has 0 saturated carbocycles. The van der Waals surface area contributed by atoms with Crippen LogP contribution in [0.25, 0.3) is 0 Å². The Labute approximate surface area is 119 Å². The SMILES string of the molecule is Cc1ncccc1C(=O)C1CC2CCCC(C1)S2(=O)=O. The molecule has 2 saturated heterocycles. The molecule has 2 unspecified atom stereocenters. The molecule has 2 bridgehead atoms. The third-order valence-electron chi connectivity index (χ3n) is 4.72. The second kappa shape index (κ2) is 4.95. The highest BCUT2D eigenvalue weighted by Crippen LogP contribution is 2.40. The number of carbonyl (C=O) groups excluding carboxylic acids is 1. The number of nitrogens with zero attached hydrogens (tertiary/aromatic N) is 1. The first-order valence-corrected chi connectivity index (χ1v) is 8.79. The monoisotopic (exact) mass is 293 g/mol. The van der Waals surface area contributed by atoms with E-state index in [1.165, 1.54) is 0 Å². The van der Waals surface area contributed by atoms with Crippen molar-refractivity contribution in [2.24, 2.45) is 5.92 Å². The van der Waals surface area contributed by atoms with Gasteiger partial charge in [0.25, 0.3) is 0 Å². The third-order valence-corrected chi connectivity index (χ3v) is 7.43. The fourth-order valence-electron chi connectivity index (χ4n) is 3.59. The molecule has 0 radical (unpaired) electrons. The molecule has 0 aliphatic carbocycles. The highest BCUT2D eigenvalue weighted by atomic mass is 32.2. The maximum Gasteiger partial charge on any atom is 0.167 e. The normalized spacial score (nSPS) is 31.8. The Morgan fingerprint density at radius 1 is 1.25 bits per heavy atom. The maximum atomic E-state index is 12.6. The molecule has 2 atom stereocenters. The van der Waals surface area contributed by atoms with E-state index in [0.717, 1.165) is 12.1 Å². The molecule has 3 rings (SSSR count). The van der Waals surface area contributed by atoms with Gasteiger partial charge >= 0.3 is 0 Å². The molecule has 2 aliphatic rings. The zero-order chi connectivity index (χ0) is 14.3. The molecular weight excluding hydrogens is 274 g/mol. The van der Waals surface area contributed by atoms with Gasteiger partial charge in [0.1, 0.15) is 0 Å². The number of aromatic nitrogens is 1. The predicted octanol–water partition coefficient (Wildman–Crippen LogP) is 2.32. The minimum atomic E-state index is -2.99. The molecule has 108 valence electrons. The van der Waals surface area contributed by atoms with Crippen molar-refractivity contribution in [1.82, 2.24) is 4.98 Å². The van der Waals surface area contributed by atoms with Crippen molar-refractivity contribution in [2.75, 3.05) is 0 Å². The van der Waals surface area contributed by atoms with Crippen molar-refractivity contribution < 1.29 is 13.2 Å². The number of hydrogen-bond donors (Lipinski definition) is 0. The van der Waals surface area contributed by atoms with Gasteiger partial charge in [0.15, 0.2) is 15.6 Å². The second-order valence-electron chi connectivity index (χ2n) is 5.93. The average Bonchev–Trinajstić information content (AvgIpc) is 2.37. The van der Waals surface area contributed by atoms with Gasteiger partial charge in [-0.05, 0) is 44.7 Å². The summed E-state index contributed by atoms with van der Waals surface area (Å²) in [6.45, 7) is 1.83. The Balaban J connectivity index is 1.87. The summed E-state index contributed by atoms with van der Waals surface area (Å²) in [6.07, 6.45) is 5.06. The summed E-state index contributed by atoms with van der Waals surface area (Å²) in [4.78, 5) is 16.8. The molecule has 2 aliphatic heterocycles. The van der Waals surface area contributed by atoms with E-state index in [9.17, 15) is 13.2 Å². The molecule has 4 nitrogen and oxygen atoms in total. The Hall–Kier alpha value is -1.23. The van der Waals surface area contributed by atoms with E-state index in [1.54, 1.807) is 18.3 Å². The zero-order valence-electron chi connectivity index (χ0n) is 11.6. The van der Waals surface area contributed by atoms with Crippen molar-refractivity contribution in [3.05, 3.63) is 29.6 Å². The van der Waals surface area contributed by atoms with Crippen molar-refractivity contribution in [3.8, 4) is 0 Å². The summed E-state index contributed by atoms with van der Waals surface area (Å²) in [5, 5.41) is -0.609. The second-order valence-corrected chi connectivity index (χ2v) is 8.44. The summed E-state index contributed by atoms with van der Waals surface area (Å²) in [6, 6.07) is 3.56. The zero-order valence-corrected chi connectivity index (χ0v) is 12.4. The van der Waals surface area contributed by atoms with Crippen LogP contribution in [0.2, 0.25) is 0 Å². The van der Waals surface area contributed by atoms with Crippen LogP contribution in [-0.4, -0.2) is 29.7 Å². The van der Waals surface area contributed by atoms with E-state index in [-0.39, 0.29) is 22.2 Å². The molecule has 0 amide bonds. The van der Waals surface area contributed by atoms with Crippen LogP contribution in [0.5, 0.6) is 0 Å². The van der Waals surface area contributed by atoms with Crippen LogP contribution >= 0.6 is 0 Å². The summed E-state index contributed by atoms with van der Waals surface area (Å²) in [7, 11) is -2.99. The average molecular weight is 293 g/mol. The first-order valence-electron chi connectivity index (χ1n) is 7.18. The Bertz CT molecular complexity index is 618. The van der Waals surface area contributed by atoms with Gasteiger partial charge in [-0.3, -0.25) is 9.78 Å². The van der Waals surface area contributed by atoms with Gasteiger partial charge in [-0.15, -0.1) is 0 Å². The fourth-order valence-corrected chi connectivity index (χ4v) is 6.12. The lowest BCUT2D eigenvalue weighted by Gasteiger charge is -2.38. The van der Waals surface area contributed by atoms with E-state index >= 15 is 0 Å². The number of sulfone groups is 1. The molecule has 0 aromatic carbocycles. The third kappa shape index (κ3) is 2.18. The number of Topliss-reactive ketones (excluding diaryl/α,β-unsaturated/α-hetero) is 1.